The molecule has 1 aliphatic heterocycles. The molecule has 1 aliphatic carbocycles. The molecule has 0 aromatic rings. The van der Waals surface area contributed by atoms with Gasteiger partial charge in [0.05, 0.1) is 19.8 Å². The average molecular weight is 242 g/mol. The molecule has 0 spiro atoms. The summed E-state index contributed by atoms with van der Waals surface area (Å²) in [5, 5.41) is 0. The minimum Gasteiger partial charge on any atom is -0.449 e. The van der Waals surface area contributed by atoms with Crippen molar-refractivity contribution in [3.05, 3.63) is 0 Å². The van der Waals surface area contributed by atoms with Crippen LogP contribution >= 0.6 is 0 Å². The van der Waals surface area contributed by atoms with Crippen LogP contribution < -0.4 is 5.73 Å². The second kappa shape index (κ2) is 6.21. The molecule has 0 radical (unpaired) electrons. The van der Waals surface area contributed by atoms with Crippen LogP contribution in [0.3, 0.4) is 0 Å². The van der Waals surface area contributed by atoms with Crippen LogP contribution in [0.5, 0.6) is 0 Å². The molecule has 0 bridgehead atoms. The third-order valence-corrected chi connectivity index (χ3v) is 3.81. The maximum atomic E-state index is 11.8. The number of morpholine rings is 1. The van der Waals surface area contributed by atoms with Gasteiger partial charge in [0.1, 0.15) is 0 Å². The second-order valence-electron chi connectivity index (χ2n) is 4.86. The SMILES string of the molecule is NCC1CCCC1COC(=O)N1CCOCC1. The molecule has 5 heteroatoms. The summed E-state index contributed by atoms with van der Waals surface area (Å²) in [6, 6.07) is 0. The Morgan fingerprint density at radius 2 is 2.00 bits per heavy atom. The van der Waals surface area contributed by atoms with Gasteiger partial charge in [-0.2, -0.15) is 0 Å². The number of carbonyl (C=O) groups is 1. The van der Waals surface area contributed by atoms with Crippen LogP contribution in [0, 0.1) is 11.8 Å². The predicted octanol–water partition coefficient (Wildman–Crippen LogP) is 0.830. The topological polar surface area (TPSA) is 64.8 Å². The van der Waals surface area contributed by atoms with Crippen molar-refractivity contribution in [1.29, 1.82) is 0 Å². The van der Waals surface area contributed by atoms with Crippen molar-refractivity contribution >= 4 is 6.09 Å². The van der Waals surface area contributed by atoms with E-state index < -0.39 is 0 Å². The van der Waals surface area contributed by atoms with E-state index in [1.165, 1.54) is 12.8 Å². The summed E-state index contributed by atoms with van der Waals surface area (Å²) in [5.74, 6) is 0.998. The number of amides is 1. The van der Waals surface area contributed by atoms with Crippen molar-refractivity contribution in [3.63, 3.8) is 0 Å². The largest absolute Gasteiger partial charge is 0.449 e. The first-order valence-corrected chi connectivity index (χ1v) is 6.50. The van der Waals surface area contributed by atoms with Gasteiger partial charge in [0.2, 0.25) is 0 Å². The number of hydrogen-bond donors (Lipinski definition) is 1. The third kappa shape index (κ3) is 3.33. The lowest BCUT2D eigenvalue weighted by molar-refractivity contribution is 0.0212. The first-order valence-electron chi connectivity index (χ1n) is 6.50. The fourth-order valence-corrected chi connectivity index (χ4v) is 2.66. The van der Waals surface area contributed by atoms with Crippen LogP contribution in [-0.2, 0) is 9.47 Å². The molecule has 1 heterocycles. The number of carbonyl (C=O) groups excluding carboxylic acids is 1. The molecule has 0 aromatic heterocycles. The maximum Gasteiger partial charge on any atom is 0.409 e. The summed E-state index contributed by atoms with van der Waals surface area (Å²) in [6.07, 6.45) is 3.33. The minimum atomic E-state index is -0.198. The third-order valence-electron chi connectivity index (χ3n) is 3.81. The van der Waals surface area contributed by atoms with E-state index in [1.54, 1.807) is 4.90 Å². The number of hydrogen-bond acceptors (Lipinski definition) is 4. The number of rotatable bonds is 3. The molecule has 1 saturated heterocycles. The van der Waals surface area contributed by atoms with Gasteiger partial charge in [0, 0.05) is 13.1 Å². The average Bonchev–Trinajstić information content (AvgIpc) is 2.84. The highest BCUT2D eigenvalue weighted by Crippen LogP contribution is 2.31. The lowest BCUT2D eigenvalue weighted by Crippen LogP contribution is -2.41. The molecular weight excluding hydrogens is 220 g/mol. The summed E-state index contributed by atoms with van der Waals surface area (Å²) in [4.78, 5) is 13.5. The molecule has 2 atom stereocenters. The van der Waals surface area contributed by atoms with E-state index in [9.17, 15) is 4.79 Å². The Morgan fingerprint density at radius 3 is 2.71 bits per heavy atom. The van der Waals surface area contributed by atoms with E-state index >= 15 is 0 Å². The molecule has 2 fully saturated rings. The highest BCUT2D eigenvalue weighted by atomic mass is 16.6. The van der Waals surface area contributed by atoms with E-state index in [0.29, 0.717) is 51.3 Å². The summed E-state index contributed by atoms with van der Waals surface area (Å²) in [7, 11) is 0. The normalized spacial score (nSPS) is 29.4. The predicted molar refractivity (Wildman–Crippen MR) is 63.6 cm³/mol. The van der Waals surface area contributed by atoms with Crippen LogP contribution in [-0.4, -0.2) is 50.4 Å². The molecule has 17 heavy (non-hydrogen) atoms. The highest BCUT2D eigenvalue weighted by molar-refractivity contribution is 5.67. The van der Waals surface area contributed by atoms with Crippen LogP contribution in [0.15, 0.2) is 0 Å². The molecule has 98 valence electrons. The Labute approximate surface area is 102 Å². The van der Waals surface area contributed by atoms with Crippen LogP contribution in [0.25, 0.3) is 0 Å². The lowest BCUT2D eigenvalue weighted by atomic mass is 9.97. The van der Waals surface area contributed by atoms with E-state index in [-0.39, 0.29) is 6.09 Å². The van der Waals surface area contributed by atoms with Gasteiger partial charge in [-0.1, -0.05) is 6.42 Å². The summed E-state index contributed by atoms with van der Waals surface area (Å²) in [6.45, 7) is 3.75. The summed E-state index contributed by atoms with van der Waals surface area (Å²) < 4.78 is 10.6. The van der Waals surface area contributed by atoms with E-state index in [4.69, 9.17) is 15.2 Å². The smallest absolute Gasteiger partial charge is 0.409 e. The van der Waals surface area contributed by atoms with Crippen LogP contribution in [0.1, 0.15) is 19.3 Å². The van der Waals surface area contributed by atoms with Crippen molar-refractivity contribution in [2.24, 2.45) is 17.6 Å². The van der Waals surface area contributed by atoms with Gasteiger partial charge in [-0.25, -0.2) is 4.79 Å². The molecule has 1 amide bonds. The van der Waals surface area contributed by atoms with E-state index in [0.717, 1.165) is 6.42 Å². The Hall–Kier alpha value is -0.810. The molecular formula is C12H22N2O3. The molecule has 1 saturated carbocycles. The van der Waals surface area contributed by atoms with Crippen molar-refractivity contribution in [1.82, 2.24) is 4.90 Å². The van der Waals surface area contributed by atoms with Crippen molar-refractivity contribution in [2.75, 3.05) is 39.5 Å². The minimum absolute atomic E-state index is 0.198. The highest BCUT2D eigenvalue weighted by Gasteiger charge is 2.28. The lowest BCUT2D eigenvalue weighted by Gasteiger charge is -2.27. The van der Waals surface area contributed by atoms with E-state index in [2.05, 4.69) is 0 Å². The van der Waals surface area contributed by atoms with Gasteiger partial charge in [0.15, 0.2) is 0 Å². The molecule has 2 aliphatic rings. The Morgan fingerprint density at radius 1 is 1.29 bits per heavy atom. The van der Waals surface area contributed by atoms with Crippen molar-refractivity contribution in [3.8, 4) is 0 Å². The molecule has 5 nitrogen and oxygen atoms in total. The first-order chi connectivity index (χ1) is 8.31. The van der Waals surface area contributed by atoms with Crippen LogP contribution in [0.2, 0.25) is 0 Å². The maximum absolute atomic E-state index is 11.8. The number of nitrogens with two attached hydrogens (primary N) is 1. The zero-order chi connectivity index (χ0) is 12.1. The van der Waals surface area contributed by atoms with Gasteiger partial charge < -0.3 is 20.1 Å². The Balaban J connectivity index is 1.71. The second-order valence-corrected chi connectivity index (χ2v) is 4.86. The number of ether oxygens (including phenoxy) is 2. The molecule has 2 N–H and O–H groups in total. The summed E-state index contributed by atoms with van der Waals surface area (Å²) >= 11 is 0. The number of nitrogens with zero attached hydrogens (tertiary/aromatic N) is 1. The van der Waals surface area contributed by atoms with Gasteiger partial charge in [-0.3, -0.25) is 0 Å². The van der Waals surface area contributed by atoms with Gasteiger partial charge in [-0.05, 0) is 31.2 Å². The monoisotopic (exact) mass is 242 g/mol. The summed E-state index contributed by atoms with van der Waals surface area (Å²) in [5.41, 5.74) is 5.71. The fourth-order valence-electron chi connectivity index (χ4n) is 2.66. The van der Waals surface area contributed by atoms with E-state index in [1.807, 2.05) is 0 Å². The van der Waals surface area contributed by atoms with Gasteiger partial charge >= 0.3 is 6.09 Å². The zero-order valence-electron chi connectivity index (χ0n) is 10.3. The Kier molecular flexibility index (Phi) is 4.62. The van der Waals surface area contributed by atoms with Crippen molar-refractivity contribution in [2.45, 2.75) is 19.3 Å². The van der Waals surface area contributed by atoms with Crippen molar-refractivity contribution < 1.29 is 14.3 Å². The fraction of sp³-hybridized carbons (Fsp3) is 0.917. The Bertz CT molecular complexity index is 254. The quantitative estimate of drug-likeness (QED) is 0.796. The van der Waals surface area contributed by atoms with Crippen LogP contribution in [0.4, 0.5) is 4.79 Å². The van der Waals surface area contributed by atoms with Gasteiger partial charge in [-0.15, -0.1) is 0 Å². The van der Waals surface area contributed by atoms with Gasteiger partial charge in [0.25, 0.3) is 0 Å². The molecule has 0 aromatic carbocycles. The first kappa shape index (κ1) is 12.6. The standard InChI is InChI=1S/C12H22N2O3/c13-8-10-2-1-3-11(10)9-17-12(15)14-4-6-16-7-5-14/h10-11H,1-9,13H2. The molecule has 2 rings (SSSR count). The molecule has 2 unspecified atom stereocenters. The zero-order valence-corrected chi connectivity index (χ0v) is 10.3.